The minimum Gasteiger partial charge on any atom is -0.481 e. The fourth-order valence-corrected chi connectivity index (χ4v) is 3.09. The Morgan fingerprint density at radius 2 is 2.04 bits per heavy atom. The van der Waals surface area contributed by atoms with E-state index >= 15 is 0 Å². The zero-order valence-corrected chi connectivity index (χ0v) is 13.1. The van der Waals surface area contributed by atoms with E-state index in [-0.39, 0.29) is 5.92 Å². The van der Waals surface area contributed by atoms with Gasteiger partial charge < -0.3 is 14.3 Å². The second-order valence-corrected chi connectivity index (χ2v) is 6.21. The number of furan rings is 1. The first-order valence-corrected chi connectivity index (χ1v) is 7.87. The van der Waals surface area contributed by atoms with Crippen LogP contribution in [0, 0.1) is 11.8 Å². The summed E-state index contributed by atoms with van der Waals surface area (Å²) in [5.74, 6) is 1.33. The summed E-state index contributed by atoms with van der Waals surface area (Å²) in [6.07, 6.45) is 0.742. The summed E-state index contributed by atoms with van der Waals surface area (Å²) in [6.45, 7) is 4.15. The zero-order chi connectivity index (χ0) is 16.2. The van der Waals surface area contributed by atoms with Crippen LogP contribution in [-0.4, -0.2) is 29.1 Å². The number of aliphatic carboxylic acids is 1. The van der Waals surface area contributed by atoms with Gasteiger partial charge in [-0.05, 0) is 30.5 Å². The molecule has 3 rings (SSSR count). The number of hydrogen-bond acceptors (Lipinski definition) is 4. The zero-order valence-electron chi connectivity index (χ0n) is 13.1. The molecule has 0 amide bonds. The highest BCUT2D eigenvalue weighted by Gasteiger charge is 2.29. The molecule has 0 radical (unpaired) electrons. The molecule has 5 nitrogen and oxygen atoms in total. The number of carbonyl (C=O) groups is 1. The van der Waals surface area contributed by atoms with Crippen LogP contribution in [0.4, 0.5) is 0 Å². The maximum atomic E-state index is 11.2. The number of piperidine rings is 1. The maximum absolute atomic E-state index is 11.2. The number of nitrogens with zero attached hydrogens (tertiary/aromatic N) is 1. The van der Waals surface area contributed by atoms with E-state index in [1.165, 1.54) is 0 Å². The molecule has 2 unspecified atom stereocenters. The van der Waals surface area contributed by atoms with Crippen LogP contribution in [0.3, 0.4) is 0 Å². The van der Waals surface area contributed by atoms with Crippen molar-refractivity contribution in [2.24, 2.45) is 11.8 Å². The first kappa shape index (κ1) is 15.6. The standard InChI is InChI=1S/C18H21NO4/c1-13-9-14(18(20)21)11-19(10-13)12-16-7-8-17(23-16)22-15-5-3-2-4-6-15/h2-8,13-14H,9-12H2,1H3,(H,20,21). The fourth-order valence-electron chi connectivity index (χ4n) is 3.09. The maximum Gasteiger partial charge on any atom is 0.307 e. The minimum absolute atomic E-state index is 0.297. The molecular weight excluding hydrogens is 294 g/mol. The van der Waals surface area contributed by atoms with Crippen LogP contribution in [0.2, 0.25) is 0 Å². The van der Waals surface area contributed by atoms with E-state index in [2.05, 4.69) is 11.8 Å². The number of ether oxygens (including phenoxy) is 1. The molecule has 0 bridgehead atoms. The smallest absolute Gasteiger partial charge is 0.307 e. The van der Waals surface area contributed by atoms with Crippen molar-refractivity contribution in [2.75, 3.05) is 13.1 Å². The lowest BCUT2D eigenvalue weighted by atomic mass is 9.90. The van der Waals surface area contributed by atoms with E-state index in [4.69, 9.17) is 9.15 Å². The lowest BCUT2D eigenvalue weighted by molar-refractivity contribution is -0.144. The summed E-state index contributed by atoms with van der Waals surface area (Å²) in [6, 6.07) is 13.1. The third kappa shape index (κ3) is 4.13. The van der Waals surface area contributed by atoms with Gasteiger partial charge in [-0.2, -0.15) is 0 Å². The SMILES string of the molecule is CC1CC(C(=O)O)CN(Cc2ccc(Oc3ccccc3)o2)C1. The highest BCUT2D eigenvalue weighted by atomic mass is 16.6. The Kier molecular flexibility index (Phi) is 4.67. The number of para-hydroxylation sites is 1. The third-order valence-electron chi connectivity index (χ3n) is 4.06. The van der Waals surface area contributed by atoms with Gasteiger partial charge in [0.05, 0.1) is 12.5 Å². The number of hydrogen-bond donors (Lipinski definition) is 1. The number of likely N-dealkylation sites (tertiary alicyclic amines) is 1. The van der Waals surface area contributed by atoms with Crippen LogP contribution in [0.15, 0.2) is 46.9 Å². The van der Waals surface area contributed by atoms with Gasteiger partial charge in [0.1, 0.15) is 11.5 Å². The van der Waals surface area contributed by atoms with Gasteiger partial charge in [-0.15, -0.1) is 0 Å². The van der Waals surface area contributed by atoms with Crippen molar-refractivity contribution < 1.29 is 19.1 Å². The van der Waals surface area contributed by atoms with Gasteiger partial charge >= 0.3 is 5.97 Å². The van der Waals surface area contributed by atoms with Crippen LogP contribution in [0.5, 0.6) is 11.7 Å². The lowest BCUT2D eigenvalue weighted by Crippen LogP contribution is -2.41. The summed E-state index contributed by atoms with van der Waals surface area (Å²) in [5, 5.41) is 9.24. The molecule has 1 fully saturated rings. The number of benzene rings is 1. The Morgan fingerprint density at radius 3 is 2.78 bits per heavy atom. The molecule has 23 heavy (non-hydrogen) atoms. The fraction of sp³-hybridized carbons (Fsp3) is 0.389. The summed E-state index contributed by atoms with van der Waals surface area (Å²) in [7, 11) is 0. The second kappa shape index (κ2) is 6.87. The van der Waals surface area contributed by atoms with Crippen LogP contribution in [0.25, 0.3) is 0 Å². The molecule has 2 atom stereocenters. The molecule has 1 N–H and O–H groups in total. The molecule has 1 aromatic carbocycles. The van der Waals surface area contributed by atoms with E-state index in [9.17, 15) is 9.90 Å². The van der Waals surface area contributed by atoms with Crippen molar-refractivity contribution in [2.45, 2.75) is 19.9 Å². The summed E-state index contributed by atoms with van der Waals surface area (Å²) in [4.78, 5) is 13.4. The normalized spacial score (nSPS) is 22.0. The average Bonchev–Trinajstić information content (AvgIpc) is 2.94. The first-order chi connectivity index (χ1) is 11.1. The molecule has 2 heterocycles. The van der Waals surface area contributed by atoms with Crippen LogP contribution in [-0.2, 0) is 11.3 Å². The predicted octanol–water partition coefficient (Wildman–Crippen LogP) is 3.61. The van der Waals surface area contributed by atoms with E-state index in [1.54, 1.807) is 6.07 Å². The molecule has 1 saturated heterocycles. The highest BCUT2D eigenvalue weighted by molar-refractivity contribution is 5.70. The van der Waals surface area contributed by atoms with E-state index < -0.39 is 5.97 Å². The van der Waals surface area contributed by atoms with Gasteiger partial charge in [0.2, 0.25) is 0 Å². The van der Waals surface area contributed by atoms with Gasteiger partial charge in [-0.25, -0.2) is 0 Å². The van der Waals surface area contributed by atoms with Crippen LogP contribution >= 0.6 is 0 Å². The molecule has 122 valence electrons. The van der Waals surface area contributed by atoms with Crippen molar-refractivity contribution in [3.05, 3.63) is 48.2 Å². The molecule has 0 aliphatic carbocycles. The van der Waals surface area contributed by atoms with Gasteiger partial charge in [0, 0.05) is 19.2 Å². The predicted molar refractivity (Wildman–Crippen MR) is 85.4 cm³/mol. The largest absolute Gasteiger partial charge is 0.481 e. The lowest BCUT2D eigenvalue weighted by Gasteiger charge is -2.33. The molecule has 1 aliphatic rings. The molecule has 1 aliphatic heterocycles. The Balaban J connectivity index is 1.61. The molecular formula is C18H21NO4. The summed E-state index contributed by atoms with van der Waals surface area (Å²) < 4.78 is 11.4. The Morgan fingerprint density at radius 1 is 1.26 bits per heavy atom. The van der Waals surface area contributed by atoms with Gasteiger partial charge in [-0.3, -0.25) is 9.69 Å². The number of carboxylic acids is 1. The van der Waals surface area contributed by atoms with E-state index in [0.717, 1.165) is 24.5 Å². The van der Waals surface area contributed by atoms with Gasteiger partial charge in [0.25, 0.3) is 5.95 Å². The number of rotatable bonds is 5. The van der Waals surface area contributed by atoms with Crippen molar-refractivity contribution in [1.82, 2.24) is 4.90 Å². The number of carboxylic acid groups (broad SMARTS) is 1. The average molecular weight is 315 g/mol. The topological polar surface area (TPSA) is 62.9 Å². The molecule has 0 spiro atoms. The minimum atomic E-state index is -0.714. The van der Waals surface area contributed by atoms with Gasteiger partial charge in [-0.1, -0.05) is 25.1 Å². The summed E-state index contributed by atoms with van der Waals surface area (Å²) in [5.41, 5.74) is 0. The van der Waals surface area contributed by atoms with Gasteiger partial charge in [0.15, 0.2) is 0 Å². The highest BCUT2D eigenvalue weighted by Crippen LogP contribution is 2.27. The molecule has 2 aromatic rings. The van der Waals surface area contributed by atoms with Crippen LogP contribution in [0.1, 0.15) is 19.1 Å². The van der Waals surface area contributed by atoms with Crippen molar-refractivity contribution in [3.63, 3.8) is 0 Å². The molecule has 0 saturated carbocycles. The van der Waals surface area contributed by atoms with Crippen molar-refractivity contribution in [3.8, 4) is 11.7 Å². The Hall–Kier alpha value is -2.27. The first-order valence-electron chi connectivity index (χ1n) is 7.87. The van der Waals surface area contributed by atoms with Crippen LogP contribution < -0.4 is 4.74 Å². The monoisotopic (exact) mass is 315 g/mol. The van der Waals surface area contributed by atoms with Crippen molar-refractivity contribution >= 4 is 5.97 Å². The second-order valence-electron chi connectivity index (χ2n) is 6.21. The Labute approximate surface area is 135 Å². The van der Waals surface area contributed by atoms with E-state index in [1.807, 2.05) is 36.4 Å². The van der Waals surface area contributed by atoms with Crippen molar-refractivity contribution in [1.29, 1.82) is 0 Å². The Bertz CT molecular complexity index is 652. The third-order valence-corrected chi connectivity index (χ3v) is 4.06. The summed E-state index contributed by atoms with van der Waals surface area (Å²) >= 11 is 0. The van der Waals surface area contributed by atoms with E-state index in [0.29, 0.717) is 25.0 Å². The quantitative estimate of drug-likeness (QED) is 0.913. The molecule has 5 heteroatoms. The molecule has 1 aromatic heterocycles.